The molecule has 0 atom stereocenters. The fourth-order valence-electron chi connectivity index (χ4n) is 1.68. The minimum Gasteiger partial charge on any atom is -0.480 e. The van der Waals surface area contributed by atoms with Gasteiger partial charge in [-0.15, -0.1) is 0 Å². The summed E-state index contributed by atoms with van der Waals surface area (Å²) in [4.78, 5) is 17.7. The van der Waals surface area contributed by atoms with E-state index in [1.807, 2.05) is 0 Å². The van der Waals surface area contributed by atoms with Crippen LogP contribution in [0.3, 0.4) is 0 Å². The molecule has 1 heterocycles. The van der Waals surface area contributed by atoms with Crippen LogP contribution in [0.2, 0.25) is 10.0 Å². The van der Waals surface area contributed by atoms with E-state index in [4.69, 9.17) is 28.3 Å². The third-order valence-corrected chi connectivity index (χ3v) is 3.01. The van der Waals surface area contributed by atoms with Gasteiger partial charge in [0.2, 0.25) is 5.95 Å². The van der Waals surface area contributed by atoms with Crippen LogP contribution in [0.15, 0.2) is 24.3 Å². The Labute approximate surface area is 138 Å². The molecule has 0 aliphatic heterocycles. The highest BCUT2D eigenvalue weighted by Gasteiger charge is 2.34. The number of benzene rings is 1. The normalized spacial score (nSPS) is 11.3. The maximum Gasteiger partial charge on any atom is 0.433 e. The van der Waals surface area contributed by atoms with Crippen LogP contribution in [-0.2, 0) is 11.0 Å². The highest BCUT2D eigenvalue weighted by atomic mass is 35.5. The first-order chi connectivity index (χ1) is 10.6. The van der Waals surface area contributed by atoms with Crippen molar-refractivity contribution in [2.24, 2.45) is 0 Å². The average molecular weight is 366 g/mol. The smallest absolute Gasteiger partial charge is 0.433 e. The predicted molar refractivity (Wildman–Crippen MR) is 78.6 cm³/mol. The summed E-state index contributed by atoms with van der Waals surface area (Å²) in [5.74, 6) is -1.73. The van der Waals surface area contributed by atoms with Gasteiger partial charge in [0, 0.05) is 15.6 Å². The van der Waals surface area contributed by atoms with Crippen LogP contribution in [-0.4, -0.2) is 27.6 Å². The first-order valence-corrected chi connectivity index (χ1v) is 6.79. The van der Waals surface area contributed by atoms with E-state index in [2.05, 4.69) is 15.3 Å². The number of aromatic nitrogens is 2. The fourth-order valence-corrected chi connectivity index (χ4v) is 2.20. The maximum absolute atomic E-state index is 12.9. The lowest BCUT2D eigenvalue weighted by molar-refractivity contribution is -0.141. The molecule has 0 fully saturated rings. The summed E-state index contributed by atoms with van der Waals surface area (Å²) < 4.78 is 38.8. The molecule has 1 aromatic heterocycles. The van der Waals surface area contributed by atoms with Gasteiger partial charge >= 0.3 is 12.1 Å². The van der Waals surface area contributed by atoms with Crippen LogP contribution in [0.25, 0.3) is 11.3 Å². The van der Waals surface area contributed by atoms with Gasteiger partial charge in [-0.25, -0.2) is 9.97 Å². The Morgan fingerprint density at radius 3 is 2.26 bits per heavy atom. The number of carboxylic acid groups (broad SMARTS) is 1. The number of carboxylic acids is 1. The van der Waals surface area contributed by atoms with Gasteiger partial charge < -0.3 is 10.4 Å². The van der Waals surface area contributed by atoms with Crippen LogP contribution in [0.5, 0.6) is 0 Å². The van der Waals surface area contributed by atoms with E-state index in [-0.39, 0.29) is 21.3 Å². The van der Waals surface area contributed by atoms with E-state index >= 15 is 0 Å². The number of carbonyl (C=O) groups is 1. The lowest BCUT2D eigenvalue weighted by atomic mass is 10.1. The summed E-state index contributed by atoms with van der Waals surface area (Å²) in [7, 11) is 0. The van der Waals surface area contributed by atoms with Crippen molar-refractivity contribution in [3.8, 4) is 11.3 Å². The topological polar surface area (TPSA) is 75.1 Å². The third kappa shape index (κ3) is 4.70. The lowest BCUT2D eigenvalue weighted by Gasteiger charge is -2.11. The second-order valence-electron chi connectivity index (χ2n) is 4.37. The lowest BCUT2D eigenvalue weighted by Crippen LogP contribution is -2.17. The van der Waals surface area contributed by atoms with Gasteiger partial charge in [0.05, 0.1) is 5.69 Å². The van der Waals surface area contributed by atoms with Crippen LogP contribution >= 0.6 is 23.2 Å². The van der Waals surface area contributed by atoms with Crippen LogP contribution in [0.4, 0.5) is 19.1 Å². The van der Waals surface area contributed by atoms with Gasteiger partial charge in [-0.2, -0.15) is 13.2 Å². The van der Waals surface area contributed by atoms with Crippen molar-refractivity contribution in [1.29, 1.82) is 0 Å². The van der Waals surface area contributed by atoms with Crippen LogP contribution in [0, 0.1) is 0 Å². The molecule has 10 heteroatoms. The van der Waals surface area contributed by atoms with Crippen molar-refractivity contribution in [2.45, 2.75) is 6.18 Å². The van der Waals surface area contributed by atoms with Gasteiger partial charge in [0.25, 0.3) is 0 Å². The van der Waals surface area contributed by atoms with Gasteiger partial charge in [-0.05, 0) is 24.3 Å². The van der Waals surface area contributed by atoms with E-state index < -0.39 is 30.3 Å². The van der Waals surface area contributed by atoms with Gasteiger partial charge in [-0.3, -0.25) is 4.79 Å². The molecule has 0 aliphatic carbocycles. The molecule has 0 saturated carbocycles. The molecule has 0 unspecified atom stereocenters. The van der Waals surface area contributed by atoms with Crippen LogP contribution < -0.4 is 5.32 Å². The van der Waals surface area contributed by atoms with Crippen LogP contribution in [0.1, 0.15) is 5.69 Å². The highest BCUT2D eigenvalue weighted by molar-refractivity contribution is 6.35. The minimum atomic E-state index is -4.72. The number of anilines is 1. The van der Waals surface area contributed by atoms with Crippen molar-refractivity contribution >= 4 is 35.1 Å². The molecule has 0 spiro atoms. The second-order valence-corrected chi connectivity index (χ2v) is 5.24. The van der Waals surface area contributed by atoms with E-state index in [0.29, 0.717) is 0 Å². The molecular weight excluding hydrogens is 358 g/mol. The zero-order valence-corrected chi connectivity index (χ0v) is 12.7. The largest absolute Gasteiger partial charge is 0.480 e. The number of aliphatic carboxylic acids is 1. The number of rotatable bonds is 4. The maximum atomic E-state index is 12.9. The number of alkyl halides is 3. The monoisotopic (exact) mass is 365 g/mol. The Hall–Kier alpha value is -2.06. The Kier molecular flexibility index (Phi) is 4.96. The number of nitrogens with zero attached hydrogens (tertiary/aromatic N) is 2. The molecule has 2 N–H and O–H groups in total. The molecule has 23 heavy (non-hydrogen) atoms. The Bertz CT molecular complexity index is 733. The Morgan fingerprint density at radius 2 is 1.74 bits per heavy atom. The van der Waals surface area contributed by atoms with Crippen molar-refractivity contribution in [2.75, 3.05) is 11.9 Å². The molecule has 5 nitrogen and oxygen atoms in total. The summed E-state index contributed by atoms with van der Waals surface area (Å²) in [6.07, 6.45) is -4.72. The second kappa shape index (κ2) is 6.59. The third-order valence-electron chi connectivity index (χ3n) is 2.57. The SMILES string of the molecule is O=C(O)CNc1nc(-c2cc(Cl)cc(Cl)c2)cc(C(F)(F)F)n1. The molecular formula is C13H8Cl2F3N3O2. The standard InChI is InChI=1S/C13H8Cl2F3N3O2/c14-7-1-6(2-8(15)3-7)9-4-10(13(16,17)18)21-12(20-9)19-5-11(22)23/h1-4H,5H2,(H,22,23)(H,19,20,21). The van der Waals surface area contributed by atoms with Gasteiger partial charge in [0.15, 0.2) is 5.69 Å². The average Bonchev–Trinajstić information content (AvgIpc) is 2.43. The quantitative estimate of drug-likeness (QED) is 0.857. The number of hydrogen-bond acceptors (Lipinski definition) is 4. The zero-order chi connectivity index (χ0) is 17.2. The Morgan fingerprint density at radius 1 is 1.13 bits per heavy atom. The molecule has 2 rings (SSSR count). The van der Waals surface area contributed by atoms with Gasteiger partial charge in [-0.1, -0.05) is 23.2 Å². The zero-order valence-electron chi connectivity index (χ0n) is 11.2. The summed E-state index contributed by atoms with van der Waals surface area (Å²) in [5, 5.41) is 11.2. The van der Waals surface area contributed by atoms with E-state index in [0.717, 1.165) is 6.07 Å². The number of halogens is 5. The summed E-state index contributed by atoms with van der Waals surface area (Å²) >= 11 is 11.7. The first kappa shape index (κ1) is 17.3. The number of hydrogen-bond donors (Lipinski definition) is 2. The van der Waals surface area contributed by atoms with E-state index in [9.17, 15) is 18.0 Å². The molecule has 0 radical (unpaired) electrons. The molecule has 1 aromatic carbocycles. The Balaban J connectivity index is 2.53. The predicted octanol–water partition coefficient (Wildman–Crippen LogP) is 3.97. The highest BCUT2D eigenvalue weighted by Crippen LogP contribution is 2.32. The summed E-state index contributed by atoms with van der Waals surface area (Å²) in [6, 6.07) is 4.92. The molecule has 0 bridgehead atoms. The van der Waals surface area contributed by atoms with Crippen molar-refractivity contribution in [3.63, 3.8) is 0 Å². The molecule has 0 aliphatic rings. The molecule has 0 amide bonds. The van der Waals surface area contributed by atoms with E-state index in [1.54, 1.807) is 0 Å². The minimum absolute atomic E-state index is 0.0930. The summed E-state index contributed by atoms with van der Waals surface area (Å²) in [6.45, 7) is -0.628. The van der Waals surface area contributed by atoms with Crippen molar-refractivity contribution < 1.29 is 23.1 Å². The van der Waals surface area contributed by atoms with E-state index in [1.165, 1.54) is 18.2 Å². The fraction of sp³-hybridized carbons (Fsp3) is 0.154. The first-order valence-electron chi connectivity index (χ1n) is 6.03. The molecule has 122 valence electrons. The summed E-state index contributed by atoms with van der Waals surface area (Å²) in [5.41, 5.74) is -1.06. The van der Waals surface area contributed by atoms with Crippen molar-refractivity contribution in [1.82, 2.24) is 9.97 Å². The van der Waals surface area contributed by atoms with Crippen molar-refractivity contribution in [3.05, 3.63) is 40.0 Å². The molecule has 0 saturated heterocycles. The van der Waals surface area contributed by atoms with Gasteiger partial charge in [0.1, 0.15) is 6.54 Å². The molecule has 2 aromatic rings. The number of nitrogens with one attached hydrogen (secondary N) is 1.